The Morgan fingerprint density at radius 1 is 0.839 bits per heavy atom. The summed E-state index contributed by atoms with van der Waals surface area (Å²) in [5, 5.41) is 3.17. The second-order valence-electron chi connectivity index (χ2n) is 9.41. The molecule has 4 nitrogen and oxygen atoms in total. The van der Waals surface area contributed by atoms with E-state index >= 15 is 0 Å². The van der Waals surface area contributed by atoms with Crippen molar-refractivity contribution in [3.05, 3.63) is 70.8 Å². The van der Waals surface area contributed by atoms with Gasteiger partial charge in [0, 0.05) is 25.6 Å². The van der Waals surface area contributed by atoms with Crippen LogP contribution in [0.4, 0.5) is 0 Å². The van der Waals surface area contributed by atoms with Gasteiger partial charge in [0.1, 0.15) is 0 Å². The fraction of sp³-hybridized carbons (Fsp3) is 0.519. The number of nitrogens with zero attached hydrogens (tertiary/aromatic N) is 2. The van der Waals surface area contributed by atoms with Crippen molar-refractivity contribution in [1.82, 2.24) is 15.1 Å². The summed E-state index contributed by atoms with van der Waals surface area (Å²) in [6.07, 6.45) is 5.93. The molecule has 0 unspecified atom stereocenters. The molecule has 166 valence electrons. The summed E-state index contributed by atoms with van der Waals surface area (Å²) in [5.74, 6) is 0.361. The smallest absolute Gasteiger partial charge is 0.223 e. The zero-order valence-corrected chi connectivity index (χ0v) is 19.0. The van der Waals surface area contributed by atoms with Gasteiger partial charge in [0.05, 0.1) is 0 Å². The largest absolute Gasteiger partial charge is 0.352 e. The second kappa shape index (κ2) is 10.9. The molecule has 2 aliphatic heterocycles. The molecule has 0 atom stereocenters. The maximum atomic E-state index is 12.7. The van der Waals surface area contributed by atoms with Crippen LogP contribution in [0.2, 0.25) is 0 Å². The molecule has 2 saturated heterocycles. The number of hydrogen-bond acceptors (Lipinski definition) is 3. The number of likely N-dealkylation sites (tertiary alicyclic amines) is 2. The van der Waals surface area contributed by atoms with E-state index < -0.39 is 0 Å². The lowest BCUT2D eigenvalue weighted by Gasteiger charge is -2.31. The number of nitrogens with one attached hydrogen (secondary N) is 1. The van der Waals surface area contributed by atoms with E-state index in [4.69, 9.17) is 0 Å². The van der Waals surface area contributed by atoms with Gasteiger partial charge in [-0.3, -0.25) is 14.6 Å². The van der Waals surface area contributed by atoms with Gasteiger partial charge in [-0.1, -0.05) is 60.5 Å². The summed E-state index contributed by atoms with van der Waals surface area (Å²) < 4.78 is 0. The topological polar surface area (TPSA) is 35.6 Å². The molecule has 0 spiro atoms. The first-order valence-corrected chi connectivity index (χ1v) is 12.0. The van der Waals surface area contributed by atoms with E-state index in [-0.39, 0.29) is 11.8 Å². The average molecular weight is 420 g/mol. The first-order chi connectivity index (χ1) is 15.2. The summed E-state index contributed by atoms with van der Waals surface area (Å²) in [7, 11) is 0. The summed E-state index contributed by atoms with van der Waals surface area (Å²) in [6, 6.07) is 17.5. The number of aryl methyl sites for hydroxylation is 1. The van der Waals surface area contributed by atoms with Crippen LogP contribution in [0.15, 0.2) is 48.5 Å². The van der Waals surface area contributed by atoms with Gasteiger partial charge < -0.3 is 5.32 Å². The van der Waals surface area contributed by atoms with E-state index in [1.54, 1.807) is 0 Å². The van der Waals surface area contributed by atoms with E-state index in [0.29, 0.717) is 6.54 Å². The number of hydrogen-bond donors (Lipinski definition) is 1. The van der Waals surface area contributed by atoms with Gasteiger partial charge in [-0.2, -0.15) is 0 Å². The number of rotatable bonds is 7. The van der Waals surface area contributed by atoms with Crippen molar-refractivity contribution in [2.75, 3.05) is 26.2 Å². The van der Waals surface area contributed by atoms with E-state index in [1.165, 1.54) is 54.6 Å². The van der Waals surface area contributed by atoms with E-state index in [1.807, 2.05) is 0 Å². The van der Waals surface area contributed by atoms with Crippen molar-refractivity contribution in [3.8, 4) is 0 Å². The average Bonchev–Trinajstić information content (AvgIpc) is 2.80. The number of amides is 1. The molecule has 4 rings (SSSR count). The van der Waals surface area contributed by atoms with E-state index in [9.17, 15) is 4.79 Å². The van der Waals surface area contributed by atoms with Crippen LogP contribution in [0.5, 0.6) is 0 Å². The Balaban J connectivity index is 1.18. The molecular formula is C27H37N3O. The van der Waals surface area contributed by atoms with Crippen molar-refractivity contribution >= 4 is 5.91 Å². The number of piperidine rings is 2. The quantitative estimate of drug-likeness (QED) is 0.717. The summed E-state index contributed by atoms with van der Waals surface area (Å²) >= 11 is 0. The highest BCUT2D eigenvalue weighted by atomic mass is 16.1. The Kier molecular flexibility index (Phi) is 7.76. The monoisotopic (exact) mass is 419 g/mol. The van der Waals surface area contributed by atoms with Crippen LogP contribution in [-0.2, 0) is 24.4 Å². The molecule has 0 aromatic heterocycles. The predicted octanol–water partition coefficient (Wildman–Crippen LogP) is 4.51. The molecule has 1 amide bonds. The minimum Gasteiger partial charge on any atom is -0.352 e. The molecule has 2 aliphatic rings. The Morgan fingerprint density at radius 3 is 2.19 bits per heavy atom. The summed E-state index contributed by atoms with van der Waals surface area (Å²) in [4.78, 5) is 17.7. The maximum absolute atomic E-state index is 12.7. The van der Waals surface area contributed by atoms with Crippen LogP contribution in [0.25, 0.3) is 0 Å². The SMILES string of the molecule is Cc1cccc(CN2CCC(C(=O)NCc3ccc(CN4CCCCC4)cc3)CC2)c1. The highest BCUT2D eigenvalue weighted by Crippen LogP contribution is 2.20. The van der Waals surface area contributed by atoms with Crippen molar-refractivity contribution < 1.29 is 4.79 Å². The fourth-order valence-electron chi connectivity index (χ4n) is 4.89. The zero-order chi connectivity index (χ0) is 21.5. The van der Waals surface area contributed by atoms with E-state index in [0.717, 1.165) is 39.0 Å². The molecular weight excluding hydrogens is 382 g/mol. The lowest BCUT2D eigenvalue weighted by Crippen LogP contribution is -2.40. The van der Waals surface area contributed by atoms with Gasteiger partial charge >= 0.3 is 0 Å². The standard InChI is InChI=1S/C27H37N3O/c1-22-6-5-7-25(18-22)21-30-16-12-26(13-17-30)27(31)28-19-23-8-10-24(11-9-23)20-29-14-3-2-4-15-29/h5-11,18,26H,2-4,12-17,19-21H2,1H3,(H,28,31). The van der Waals surface area contributed by atoms with Crippen LogP contribution in [0.3, 0.4) is 0 Å². The van der Waals surface area contributed by atoms with Gasteiger partial charge in [0.25, 0.3) is 0 Å². The van der Waals surface area contributed by atoms with Gasteiger partial charge in [0.2, 0.25) is 5.91 Å². The minimum absolute atomic E-state index is 0.145. The highest BCUT2D eigenvalue weighted by Gasteiger charge is 2.24. The van der Waals surface area contributed by atoms with Gasteiger partial charge in [-0.15, -0.1) is 0 Å². The molecule has 31 heavy (non-hydrogen) atoms. The Labute approximate surface area is 187 Å². The van der Waals surface area contributed by atoms with Crippen molar-refractivity contribution in [2.24, 2.45) is 5.92 Å². The Hall–Kier alpha value is -2.17. The van der Waals surface area contributed by atoms with Crippen LogP contribution in [0, 0.1) is 12.8 Å². The molecule has 0 saturated carbocycles. The maximum Gasteiger partial charge on any atom is 0.223 e. The number of carbonyl (C=O) groups excluding carboxylic acids is 1. The van der Waals surface area contributed by atoms with Gasteiger partial charge in [-0.05, 0) is 75.5 Å². The minimum atomic E-state index is 0.145. The Morgan fingerprint density at radius 2 is 1.48 bits per heavy atom. The van der Waals surface area contributed by atoms with Crippen LogP contribution >= 0.6 is 0 Å². The normalized spacial score (nSPS) is 18.7. The van der Waals surface area contributed by atoms with Crippen LogP contribution in [-0.4, -0.2) is 41.9 Å². The lowest BCUT2D eigenvalue weighted by atomic mass is 9.95. The third-order valence-corrected chi connectivity index (χ3v) is 6.79. The number of carbonyl (C=O) groups is 1. The highest BCUT2D eigenvalue weighted by molar-refractivity contribution is 5.78. The lowest BCUT2D eigenvalue weighted by molar-refractivity contribution is -0.126. The third-order valence-electron chi connectivity index (χ3n) is 6.79. The predicted molar refractivity (Wildman–Crippen MR) is 127 cm³/mol. The fourth-order valence-corrected chi connectivity index (χ4v) is 4.89. The first kappa shape index (κ1) is 22.0. The molecule has 4 heteroatoms. The third kappa shape index (κ3) is 6.65. The molecule has 2 aromatic carbocycles. The second-order valence-corrected chi connectivity index (χ2v) is 9.41. The van der Waals surface area contributed by atoms with Gasteiger partial charge in [-0.25, -0.2) is 0 Å². The molecule has 0 bridgehead atoms. The molecule has 2 aromatic rings. The van der Waals surface area contributed by atoms with Gasteiger partial charge in [0.15, 0.2) is 0 Å². The van der Waals surface area contributed by atoms with Crippen molar-refractivity contribution in [1.29, 1.82) is 0 Å². The molecule has 2 fully saturated rings. The van der Waals surface area contributed by atoms with Crippen LogP contribution in [0.1, 0.15) is 54.4 Å². The molecule has 1 N–H and O–H groups in total. The molecule has 2 heterocycles. The van der Waals surface area contributed by atoms with Crippen molar-refractivity contribution in [2.45, 2.75) is 58.7 Å². The van der Waals surface area contributed by atoms with E-state index in [2.05, 4.69) is 70.6 Å². The zero-order valence-electron chi connectivity index (χ0n) is 19.0. The first-order valence-electron chi connectivity index (χ1n) is 12.0. The number of benzene rings is 2. The molecule has 0 aliphatic carbocycles. The van der Waals surface area contributed by atoms with Crippen LogP contribution < -0.4 is 5.32 Å². The Bertz CT molecular complexity index is 834. The summed E-state index contributed by atoms with van der Waals surface area (Å²) in [5.41, 5.74) is 5.24. The summed E-state index contributed by atoms with van der Waals surface area (Å²) in [6.45, 7) is 9.25. The molecule has 0 radical (unpaired) electrons. The van der Waals surface area contributed by atoms with Crippen molar-refractivity contribution in [3.63, 3.8) is 0 Å².